The van der Waals surface area contributed by atoms with Crippen molar-refractivity contribution in [2.45, 2.75) is 13.8 Å². The Hall–Kier alpha value is -2.21. The van der Waals surface area contributed by atoms with Gasteiger partial charge in [-0.05, 0) is 19.9 Å². The number of rotatable bonds is 7. The second kappa shape index (κ2) is 8.29. The molecule has 120 valence electrons. The van der Waals surface area contributed by atoms with E-state index in [1.54, 1.807) is 6.92 Å². The molecule has 1 N–H and O–H groups in total. The number of ether oxygens (including phenoxy) is 3. The van der Waals surface area contributed by atoms with Gasteiger partial charge >= 0.3 is 5.97 Å². The molecule has 0 atom stereocenters. The minimum absolute atomic E-state index is 0.144. The molecule has 22 heavy (non-hydrogen) atoms. The molecule has 0 unspecified atom stereocenters. The van der Waals surface area contributed by atoms with E-state index in [2.05, 4.69) is 4.74 Å². The third-order valence-corrected chi connectivity index (χ3v) is 2.88. The normalized spacial score (nSPS) is 11.0. The van der Waals surface area contributed by atoms with Crippen LogP contribution in [0.3, 0.4) is 0 Å². The molecule has 0 heterocycles. The summed E-state index contributed by atoms with van der Waals surface area (Å²) in [4.78, 5) is 22.5. The van der Waals surface area contributed by atoms with Crippen molar-refractivity contribution in [2.75, 3.05) is 20.3 Å². The average molecular weight is 329 g/mol. The molecule has 0 fully saturated rings. The van der Waals surface area contributed by atoms with Crippen LogP contribution in [0.5, 0.6) is 11.5 Å². The van der Waals surface area contributed by atoms with Crippen LogP contribution in [0.2, 0.25) is 5.02 Å². The zero-order chi connectivity index (χ0) is 16.7. The Morgan fingerprint density at radius 3 is 2.23 bits per heavy atom. The van der Waals surface area contributed by atoms with Gasteiger partial charge in [-0.15, -0.1) is 0 Å². The lowest BCUT2D eigenvalue weighted by atomic mass is 10.1. The van der Waals surface area contributed by atoms with Crippen LogP contribution in [-0.2, 0) is 14.3 Å². The van der Waals surface area contributed by atoms with Crippen molar-refractivity contribution in [1.82, 2.24) is 0 Å². The first-order valence-corrected chi connectivity index (χ1v) is 6.94. The highest BCUT2D eigenvalue weighted by Crippen LogP contribution is 2.36. The highest BCUT2D eigenvalue weighted by atomic mass is 35.5. The van der Waals surface area contributed by atoms with Crippen molar-refractivity contribution < 1.29 is 28.9 Å². The largest absolute Gasteiger partial charge is 0.507 e. The second-order valence-electron chi connectivity index (χ2n) is 4.03. The van der Waals surface area contributed by atoms with Crippen LogP contribution in [0.25, 0.3) is 5.76 Å². The number of ketones is 1. The van der Waals surface area contributed by atoms with Crippen LogP contribution < -0.4 is 9.47 Å². The van der Waals surface area contributed by atoms with E-state index < -0.39 is 17.5 Å². The van der Waals surface area contributed by atoms with Gasteiger partial charge in [0, 0.05) is 17.7 Å². The maximum absolute atomic E-state index is 11.4. The van der Waals surface area contributed by atoms with Gasteiger partial charge in [0.2, 0.25) is 0 Å². The lowest BCUT2D eigenvalue weighted by molar-refractivity contribution is -0.149. The third kappa shape index (κ3) is 4.39. The first-order valence-electron chi connectivity index (χ1n) is 6.57. The quantitative estimate of drug-likeness (QED) is 0.359. The molecule has 1 rings (SSSR count). The maximum atomic E-state index is 11.4. The molecular weight excluding hydrogens is 312 g/mol. The fourth-order valence-electron chi connectivity index (χ4n) is 1.63. The number of hydrogen-bond acceptors (Lipinski definition) is 6. The monoisotopic (exact) mass is 328 g/mol. The van der Waals surface area contributed by atoms with E-state index in [-0.39, 0.29) is 10.6 Å². The van der Waals surface area contributed by atoms with Crippen LogP contribution in [0.4, 0.5) is 0 Å². The van der Waals surface area contributed by atoms with E-state index in [0.717, 1.165) is 13.2 Å². The number of aliphatic hydroxyl groups excluding tert-OH is 1. The van der Waals surface area contributed by atoms with E-state index >= 15 is 0 Å². The van der Waals surface area contributed by atoms with Crippen LogP contribution in [-0.4, -0.2) is 37.2 Å². The highest BCUT2D eigenvalue weighted by molar-refractivity contribution is 6.39. The number of carbonyl (C=O) groups excluding carboxylic acids is 2. The zero-order valence-electron chi connectivity index (χ0n) is 12.5. The molecule has 0 aliphatic rings. The van der Waals surface area contributed by atoms with Gasteiger partial charge in [-0.25, -0.2) is 4.79 Å². The van der Waals surface area contributed by atoms with Gasteiger partial charge in [0.15, 0.2) is 11.5 Å². The summed E-state index contributed by atoms with van der Waals surface area (Å²) in [5, 5.41) is 10.1. The SMILES string of the molecule is CCOc1cc(Cl)c(/C(O)=C/C(=O)C(=O)OC)cc1OCC. The molecule has 0 aromatic heterocycles. The fourth-order valence-corrected chi connectivity index (χ4v) is 1.88. The molecule has 0 spiro atoms. The Bertz CT molecular complexity index is 594. The lowest BCUT2D eigenvalue weighted by Gasteiger charge is -2.13. The second-order valence-corrected chi connectivity index (χ2v) is 4.44. The molecule has 0 saturated heterocycles. The number of hydrogen-bond donors (Lipinski definition) is 1. The molecule has 1 aromatic carbocycles. The minimum Gasteiger partial charge on any atom is -0.507 e. The van der Waals surface area contributed by atoms with Gasteiger partial charge < -0.3 is 19.3 Å². The molecule has 0 radical (unpaired) electrons. The van der Waals surface area contributed by atoms with E-state index in [1.807, 2.05) is 6.92 Å². The summed E-state index contributed by atoms with van der Waals surface area (Å²) in [5.41, 5.74) is 0.144. The number of aliphatic hydroxyl groups is 1. The first kappa shape index (κ1) is 17.8. The molecule has 7 heteroatoms. The van der Waals surface area contributed by atoms with Crippen molar-refractivity contribution in [3.8, 4) is 11.5 Å². The van der Waals surface area contributed by atoms with Crippen LogP contribution in [0.1, 0.15) is 19.4 Å². The van der Waals surface area contributed by atoms with Crippen molar-refractivity contribution in [1.29, 1.82) is 0 Å². The fraction of sp³-hybridized carbons (Fsp3) is 0.333. The summed E-state index contributed by atoms with van der Waals surface area (Å²) < 4.78 is 15.1. The summed E-state index contributed by atoms with van der Waals surface area (Å²) in [6, 6.07) is 2.91. The first-order chi connectivity index (χ1) is 10.4. The minimum atomic E-state index is -1.08. The van der Waals surface area contributed by atoms with E-state index in [1.165, 1.54) is 12.1 Å². The molecule has 6 nitrogen and oxygen atoms in total. The zero-order valence-corrected chi connectivity index (χ0v) is 13.3. The van der Waals surface area contributed by atoms with Crippen molar-refractivity contribution in [3.63, 3.8) is 0 Å². The highest BCUT2D eigenvalue weighted by Gasteiger charge is 2.17. The molecule has 0 aliphatic carbocycles. The molecule has 0 saturated carbocycles. The van der Waals surface area contributed by atoms with Gasteiger partial charge in [0.05, 0.1) is 25.3 Å². The van der Waals surface area contributed by atoms with Crippen molar-refractivity contribution >= 4 is 29.1 Å². The Morgan fingerprint density at radius 2 is 1.73 bits per heavy atom. The number of methoxy groups -OCH3 is 1. The lowest BCUT2D eigenvalue weighted by Crippen LogP contribution is -2.13. The van der Waals surface area contributed by atoms with E-state index in [4.69, 9.17) is 21.1 Å². The molecule has 0 amide bonds. The Morgan fingerprint density at radius 1 is 1.18 bits per heavy atom. The van der Waals surface area contributed by atoms with Crippen molar-refractivity contribution in [2.24, 2.45) is 0 Å². The van der Waals surface area contributed by atoms with Gasteiger partial charge in [0.1, 0.15) is 5.76 Å². The van der Waals surface area contributed by atoms with E-state index in [9.17, 15) is 14.7 Å². The number of benzene rings is 1. The summed E-state index contributed by atoms with van der Waals surface area (Å²) in [5.74, 6) is -1.76. The third-order valence-electron chi connectivity index (χ3n) is 2.56. The van der Waals surface area contributed by atoms with Gasteiger partial charge in [0.25, 0.3) is 5.78 Å². The van der Waals surface area contributed by atoms with Gasteiger partial charge in [-0.2, -0.15) is 0 Å². The summed E-state index contributed by atoms with van der Waals surface area (Å²) in [6.45, 7) is 4.40. The maximum Gasteiger partial charge on any atom is 0.378 e. The van der Waals surface area contributed by atoms with Crippen LogP contribution in [0, 0.1) is 0 Å². The molecule has 0 aliphatic heterocycles. The smallest absolute Gasteiger partial charge is 0.378 e. The Labute approximate surface area is 133 Å². The summed E-state index contributed by atoms with van der Waals surface area (Å²) in [6.07, 6.45) is 0.739. The Balaban J connectivity index is 3.23. The number of esters is 1. The Kier molecular flexibility index (Phi) is 6.72. The van der Waals surface area contributed by atoms with E-state index in [0.29, 0.717) is 24.7 Å². The molecule has 0 bridgehead atoms. The van der Waals surface area contributed by atoms with Crippen LogP contribution >= 0.6 is 11.6 Å². The van der Waals surface area contributed by atoms with Crippen LogP contribution in [0.15, 0.2) is 18.2 Å². The van der Waals surface area contributed by atoms with Crippen molar-refractivity contribution in [3.05, 3.63) is 28.8 Å². The molecule has 1 aromatic rings. The standard InChI is InChI=1S/C15H17ClO6/c1-4-21-13-6-9(10(16)7-14(13)22-5-2)11(17)8-12(18)15(19)20-3/h6-8,17H,4-5H2,1-3H3/b11-8-. The van der Waals surface area contributed by atoms with Gasteiger partial charge in [-0.1, -0.05) is 11.6 Å². The predicted molar refractivity (Wildman–Crippen MR) is 81.4 cm³/mol. The molecular formula is C15H17ClO6. The number of carbonyl (C=O) groups is 2. The predicted octanol–water partition coefficient (Wildman–Crippen LogP) is 2.78. The average Bonchev–Trinajstić information content (AvgIpc) is 2.49. The summed E-state index contributed by atoms with van der Waals surface area (Å²) in [7, 11) is 1.07. The topological polar surface area (TPSA) is 82.1 Å². The summed E-state index contributed by atoms with van der Waals surface area (Å²) >= 11 is 6.07. The number of halogens is 1. The van der Waals surface area contributed by atoms with Gasteiger partial charge in [-0.3, -0.25) is 4.79 Å².